The number of anilines is 1. The Balaban J connectivity index is 1.31. The van der Waals surface area contributed by atoms with E-state index < -0.39 is 36.8 Å². The van der Waals surface area contributed by atoms with Crippen molar-refractivity contribution in [2.45, 2.75) is 37.4 Å². The van der Waals surface area contributed by atoms with E-state index >= 15 is 8.78 Å². The van der Waals surface area contributed by atoms with Gasteiger partial charge in [0.1, 0.15) is 23.7 Å². The Morgan fingerprint density at radius 3 is 2.79 bits per heavy atom. The number of benzene rings is 1. The van der Waals surface area contributed by atoms with Crippen molar-refractivity contribution in [3.05, 3.63) is 30.2 Å². The van der Waals surface area contributed by atoms with E-state index in [0.29, 0.717) is 17.6 Å². The Labute approximate surface area is 213 Å². The number of methoxy groups -OCH3 is 1. The molecular formula is C23H23F5N8O2. The molecule has 0 amide bonds. The van der Waals surface area contributed by atoms with Crippen molar-refractivity contribution in [2.24, 2.45) is 0 Å². The van der Waals surface area contributed by atoms with Crippen molar-refractivity contribution in [2.75, 3.05) is 38.7 Å². The Morgan fingerprint density at radius 2 is 2.11 bits per heavy atom. The molecule has 2 aliphatic rings. The van der Waals surface area contributed by atoms with Gasteiger partial charge in [-0.05, 0) is 24.1 Å². The highest BCUT2D eigenvalue weighted by molar-refractivity contribution is 5.89. The SMILES string of the molecule is [2H]C1(N2CC[C@H](Nc3nc(OC)c4c(-c5ccc6nnn(CC(F)(F)F)c6c5)c(F)cn4n3)[C@@H](F)C2)COC1. The first-order valence-corrected chi connectivity index (χ1v) is 11.8. The fourth-order valence-corrected chi connectivity index (χ4v) is 4.80. The molecule has 0 radical (unpaired) electrons. The quantitative estimate of drug-likeness (QED) is 0.374. The first-order valence-electron chi connectivity index (χ1n) is 12.3. The standard InChI is InChI=1S/C23H23F5N8O2/c1-37-21-20-19(12-2-3-17-18(6-12)36(33-31-17)11-23(26,27)28)15(25)8-35(20)32-22(30-21)29-16-4-5-34(7-14(16)24)13-9-38-10-13/h2-3,6,8,13-14,16H,4-5,7,9-11H2,1H3,(H,29,32)/t14-,16-/m0/s1/i13D. The number of likely N-dealkylation sites (tertiary alicyclic amines) is 1. The largest absolute Gasteiger partial charge is 0.479 e. The van der Waals surface area contributed by atoms with E-state index in [2.05, 4.69) is 25.7 Å². The van der Waals surface area contributed by atoms with Gasteiger partial charge in [-0.1, -0.05) is 11.3 Å². The van der Waals surface area contributed by atoms with E-state index in [0.717, 1.165) is 6.20 Å². The molecule has 1 aromatic carbocycles. The van der Waals surface area contributed by atoms with Crippen LogP contribution in [-0.2, 0) is 11.3 Å². The van der Waals surface area contributed by atoms with Crippen LogP contribution in [0.5, 0.6) is 5.88 Å². The van der Waals surface area contributed by atoms with Gasteiger partial charge in [0.05, 0.1) is 51.0 Å². The van der Waals surface area contributed by atoms with Crippen LogP contribution in [-0.4, -0.2) is 92.3 Å². The number of hydrogen-bond donors (Lipinski definition) is 1. The minimum absolute atomic E-state index is 0.0115. The van der Waals surface area contributed by atoms with E-state index in [1.54, 1.807) is 4.90 Å². The van der Waals surface area contributed by atoms with Crippen LogP contribution in [0, 0.1) is 5.82 Å². The Bertz CT molecular complexity index is 1540. The molecule has 15 heteroatoms. The summed E-state index contributed by atoms with van der Waals surface area (Å²) < 4.78 is 90.0. The van der Waals surface area contributed by atoms with E-state index in [1.165, 1.54) is 29.8 Å². The summed E-state index contributed by atoms with van der Waals surface area (Å²) in [6.45, 7) is -0.337. The summed E-state index contributed by atoms with van der Waals surface area (Å²) in [6.07, 6.45) is -4.36. The molecule has 0 aliphatic carbocycles. The molecule has 4 aromatic rings. The molecule has 3 aromatic heterocycles. The van der Waals surface area contributed by atoms with Gasteiger partial charge in [-0.25, -0.2) is 18.0 Å². The lowest BCUT2D eigenvalue weighted by Crippen LogP contribution is -2.57. The van der Waals surface area contributed by atoms with Gasteiger partial charge in [0.15, 0.2) is 5.82 Å². The fourth-order valence-electron chi connectivity index (χ4n) is 4.80. The molecule has 202 valence electrons. The van der Waals surface area contributed by atoms with Crippen molar-refractivity contribution in [1.82, 2.24) is 34.5 Å². The summed E-state index contributed by atoms with van der Waals surface area (Å²) in [5, 5.41) is 14.6. The van der Waals surface area contributed by atoms with Crippen LogP contribution in [0.15, 0.2) is 24.4 Å². The summed E-state index contributed by atoms with van der Waals surface area (Å²) in [5.41, 5.74) is 0.693. The summed E-state index contributed by atoms with van der Waals surface area (Å²) in [6, 6.07) is 2.76. The third-order valence-corrected chi connectivity index (χ3v) is 6.72. The molecule has 38 heavy (non-hydrogen) atoms. The van der Waals surface area contributed by atoms with Gasteiger partial charge < -0.3 is 14.8 Å². The topological polar surface area (TPSA) is 94.6 Å². The molecule has 0 bridgehead atoms. The maximum absolute atomic E-state index is 15.3. The maximum Gasteiger partial charge on any atom is 0.408 e. The zero-order chi connectivity index (χ0) is 27.5. The van der Waals surface area contributed by atoms with Crippen LogP contribution in [0.25, 0.3) is 27.7 Å². The predicted molar refractivity (Wildman–Crippen MR) is 125 cm³/mol. The molecule has 0 spiro atoms. The Hall–Kier alpha value is -3.59. The monoisotopic (exact) mass is 539 g/mol. The van der Waals surface area contributed by atoms with Crippen molar-refractivity contribution < 1.29 is 32.8 Å². The van der Waals surface area contributed by atoms with E-state index in [-0.39, 0.29) is 59.3 Å². The number of hydrogen-bond acceptors (Lipinski definition) is 8. The molecule has 2 atom stereocenters. The smallest absolute Gasteiger partial charge is 0.408 e. The summed E-state index contributed by atoms with van der Waals surface area (Å²) in [4.78, 5) is 6.07. The molecule has 1 N–H and O–H groups in total. The highest BCUT2D eigenvalue weighted by Gasteiger charge is 2.36. The number of nitrogens with zero attached hydrogens (tertiary/aromatic N) is 7. The van der Waals surface area contributed by atoms with Gasteiger partial charge in [-0.3, -0.25) is 4.90 Å². The van der Waals surface area contributed by atoms with Crippen LogP contribution >= 0.6 is 0 Å². The van der Waals surface area contributed by atoms with Crippen molar-refractivity contribution in [3.63, 3.8) is 0 Å². The molecule has 6 rings (SSSR count). The molecule has 5 heterocycles. The zero-order valence-electron chi connectivity index (χ0n) is 21.0. The lowest BCUT2D eigenvalue weighted by atomic mass is 10.0. The number of fused-ring (bicyclic) bond motifs is 2. The lowest BCUT2D eigenvalue weighted by Gasteiger charge is -2.42. The van der Waals surface area contributed by atoms with Crippen LogP contribution in [0.3, 0.4) is 0 Å². The molecule has 2 fully saturated rings. The maximum atomic E-state index is 15.3. The lowest BCUT2D eigenvalue weighted by molar-refractivity contribution is -0.142. The van der Waals surface area contributed by atoms with E-state index in [1.807, 2.05) is 0 Å². The van der Waals surface area contributed by atoms with Crippen LogP contribution in [0.2, 0.25) is 0 Å². The van der Waals surface area contributed by atoms with Crippen molar-refractivity contribution >= 4 is 22.5 Å². The molecule has 0 unspecified atom stereocenters. The molecule has 0 saturated carbocycles. The van der Waals surface area contributed by atoms with Crippen LogP contribution < -0.4 is 10.1 Å². The average Bonchev–Trinajstić information content (AvgIpc) is 3.41. The highest BCUT2D eigenvalue weighted by Crippen LogP contribution is 2.36. The van der Waals surface area contributed by atoms with Crippen molar-refractivity contribution in [3.8, 4) is 17.0 Å². The second kappa shape index (κ2) is 9.31. The normalized spacial score (nSPS) is 22.4. The summed E-state index contributed by atoms with van der Waals surface area (Å²) >= 11 is 0. The van der Waals surface area contributed by atoms with Gasteiger partial charge in [0.25, 0.3) is 0 Å². The van der Waals surface area contributed by atoms with Crippen molar-refractivity contribution in [1.29, 1.82) is 0 Å². The first kappa shape index (κ1) is 23.5. The molecule has 10 nitrogen and oxygen atoms in total. The van der Waals surface area contributed by atoms with Gasteiger partial charge in [0, 0.05) is 13.1 Å². The van der Waals surface area contributed by atoms with Gasteiger partial charge in [0.2, 0.25) is 11.8 Å². The number of nitrogens with one attached hydrogen (secondary N) is 1. The second-order valence-electron chi connectivity index (χ2n) is 9.22. The third kappa shape index (κ3) is 4.49. The second-order valence-corrected chi connectivity index (χ2v) is 9.22. The first-order chi connectivity index (χ1) is 18.5. The van der Waals surface area contributed by atoms with Gasteiger partial charge in [-0.2, -0.15) is 18.2 Å². The predicted octanol–water partition coefficient (Wildman–Crippen LogP) is 3.07. The van der Waals surface area contributed by atoms with Crippen LogP contribution in [0.1, 0.15) is 7.79 Å². The fraction of sp³-hybridized carbons (Fsp3) is 0.478. The number of aromatic nitrogens is 6. The number of alkyl halides is 4. The number of halogens is 5. The summed E-state index contributed by atoms with van der Waals surface area (Å²) in [5.74, 6) is -0.718. The number of rotatable bonds is 6. The average molecular weight is 539 g/mol. The Morgan fingerprint density at radius 1 is 1.29 bits per heavy atom. The van der Waals surface area contributed by atoms with Gasteiger partial charge >= 0.3 is 6.18 Å². The number of piperidine rings is 1. The van der Waals surface area contributed by atoms with E-state index in [4.69, 9.17) is 10.8 Å². The molecule has 2 saturated heterocycles. The van der Waals surface area contributed by atoms with E-state index in [9.17, 15) is 13.2 Å². The van der Waals surface area contributed by atoms with Crippen LogP contribution in [0.4, 0.5) is 27.9 Å². The number of ether oxygens (including phenoxy) is 2. The Kier molecular flexibility index (Phi) is 5.76. The third-order valence-electron chi connectivity index (χ3n) is 6.72. The van der Waals surface area contributed by atoms with Gasteiger partial charge in [-0.15, -0.1) is 10.2 Å². The zero-order valence-corrected chi connectivity index (χ0v) is 20.0. The summed E-state index contributed by atoms with van der Waals surface area (Å²) in [7, 11) is 1.33. The highest BCUT2D eigenvalue weighted by atomic mass is 19.4. The minimum Gasteiger partial charge on any atom is -0.479 e. The minimum atomic E-state index is -4.52. The molecule has 2 aliphatic heterocycles. The molecular weight excluding hydrogens is 515 g/mol.